The Hall–Kier alpha value is -8.45. The van der Waals surface area contributed by atoms with Crippen LogP contribution in [0.15, 0.2) is 285 Å². The fraction of sp³-hybridized carbons (Fsp3) is 0.0303. The number of aromatic nitrogens is 1. The van der Waals surface area contributed by atoms with Crippen molar-refractivity contribution in [1.29, 1.82) is 0 Å². The predicted molar refractivity (Wildman–Crippen MR) is 300 cm³/mol. The van der Waals surface area contributed by atoms with Gasteiger partial charge in [-0.2, -0.15) is 0 Å². The third kappa shape index (κ3) is 8.16. The Morgan fingerprint density at radius 1 is 0.380 bits per heavy atom. The Kier molecular flexibility index (Phi) is 11.8. The molecule has 0 bridgehead atoms. The van der Waals surface area contributed by atoms with E-state index in [2.05, 4.69) is 269 Å². The van der Waals surface area contributed by atoms with Crippen LogP contribution in [0.25, 0.3) is 38.6 Å². The molecular weight excluding hydrogens is 926 g/mol. The van der Waals surface area contributed by atoms with Gasteiger partial charge in [0.25, 0.3) is 0 Å². The number of fused-ring (bicyclic) bond motifs is 3. The first-order valence-electron chi connectivity index (χ1n) is 24.4. The summed E-state index contributed by atoms with van der Waals surface area (Å²) in [5.41, 5.74) is 12.0. The van der Waals surface area contributed by atoms with Crippen molar-refractivity contribution in [2.75, 3.05) is 9.80 Å². The van der Waals surface area contributed by atoms with Crippen molar-refractivity contribution in [2.24, 2.45) is 0 Å². The topological polar surface area (TPSA) is 11.4 Å². The Labute approximate surface area is 417 Å². The van der Waals surface area contributed by atoms with Crippen LogP contribution in [0.3, 0.4) is 0 Å². The van der Waals surface area contributed by atoms with E-state index in [0.29, 0.717) is 0 Å². The van der Waals surface area contributed by atoms with E-state index in [1.165, 1.54) is 41.0 Å². The molecule has 1 heterocycles. The second-order valence-corrected chi connectivity index (χ2v) is 26.1. The van der Waals surface area contributed by atoms with Gasteiger partial charge in [-0.25, -0.2) is 4.39 Å². The molecule has 0 aliphatic heterocycles. The zero-order chi connectivity index (χ0) is 47.6. The Morgan fingerprint density at radius 3 is 1.39 bits per heavy atom. The van der Waals surface area contributed by atoms with E-state index in [1.54, 1.807) is 0 Å². The zero-order valence-electron chi connectivity index (χ0n) is 39.2. The fourth-order valence-corrected chi connectivity index (χ4v) is 20.7. The van der Waals surface area contributed by atoms with Crippen molar-refractivity contribution >= 4 is 81.1 Å². The molecule has 12 rings (SSSR count). The van der Waals surface area contributed by atoms with Gasteiger partial charge in [0.05, 0.1) is 11.0 Å². The van der Waals surface area contributed by atoms with Crippen molar-refractivity contribution in [1.82, 2.24) is 4.57 Å². The average Bonchev–Trinajstić information content (AvgIpc) is 3.77. The van der Waals surface area contributed by atoms with Gasteiger partial charge in [-0.1, -0.05) is 48.6 Å². The molecule has 1 aromatic heterocycles. The first-order valence-corrected chi connectivity index (χ1v) is 28.6. The quantitative estimate of drug-likeness (QED) is 0.113. The van der Waals surface area contributed by atoms with E-state index in [-0.39, 0.29) is 5.82 Å². The van der Waals surface area contributed by atoms with Crippen molar-refractivity contribution in [3.63, 3.8) is 0 Å². The number of hydrogen-bond acceptors (Lipinski definition) is 2. The van der Waals surface area contributed by atoms with Gasteiger partial charge in [0.2, 0.25) is 0 Å². The van der Waals surface area contributed by atoms with Gasteiger partial charge in [-0.15, -0.1) is 0 Å². The normalized spacial score (nSPS) is 12.5. The van der Waals surface area contributed by atoms with Gasteiger partial charge in [0, 0.05) is 28.1 Å². The fourth-order valence-electron chi connectivity index (χ4n) is 10.8. The van der Waals surface area contributed by atoms with Crippen LogP contribution >= 0.6 is 0 Å². The molecule has 71 heavy (non-hydrogen) atoms. The standard InChI is InChI=1S/C66H50FGeN3/c67-51-34-40-61(41-35-51)71-65-29-17-16-28-63(65)64-48-62(46-47-66(64)71)70(60-44-42-59(43-45-60)69(56-24-12-4-13-25-56)57-26-14-5-15-27-57)58-38-32-50(33-39-58)49-30-36-55(37-31-49)68(52-18-6-1-7-19-52,53-20-8-2-9-21-53)54-22-10-3-11-23-54/h1-14,16-26,28-48H,15,27H2. The number of rotatable bonds is 12. The number of halogens is 1. The van der Waals surface area contributed by atoms with Gasteiger partial charge in [-0.05, 0) is 61.4 Å². The molecule has 11 aromatic rings. The summed E-state index contributed by atoms with van der Waals surface area (Å²) in [5, 5.41) is 2.26. The maximum absolute atomic E-state index is 14.2. The molecule has 0 saturated heterocycles. The van der Waals surface area contributed by atoms with Gasteiger partial charge in [0.15, 0.2) is 0 Å². The molecule has 5 heteroatoms. The molecule has 1 aliphatic carbocycles. The maximum atomic E-state index is 14.2. The first kappa shape index (κ1) is 43.8. The summed E-state index contributed by atoms with van der Waals surface area (Å²) >= 11 is -3.40. The molecule has 0 amide bonds. The van der Waals surface area contributed by atoms with E-state index in [0.717, 1.165) is 74.3 Å². The zero-order valence-corrected chi connectivity index (χ0v) is 41.3. The molecular formula is C66H50FGeN3. The van der Waals surface area contributed by atoms with Gasteiger partial charge >= 0.3 is 251 Å². The monoisotopic (exact) mass is 977 g/mol. The minimum Gasteiger partial charge on any atom is -0.0351 e. The number of anilines is 5. The predicted octanol–water partition coefficient (Wildman–Crippen LogP) is 14.8. The molecule has 0 atom stereocenters. The Bertz CT molecular complexity index is 3570. The second kappa shape index (κ2) is 19.2. The molecule has 0 unspecified atom stereocenters. The first-order chi connectivity index (χ1) is 35.1. The number of hydrogen-bond donors (Lipinski definition) is 0. The van der Waals surface area contributed by atoms with Crippen molar-refractivity contribution in [2.45, 2.75) is 12.8 Å². The average molecular weight is 977 g/mol. The summed E-state index contributed by atoms with van der Waals surface area (Å²) in [6, 6.07) is 93.5. The summed E-state index contributed by atoms with van der Waals surface area (Å²) in [6.07, 6.45) is 8.62. The van der Waals surface area contributed by atoms with Crippen LogP contribution in [0, 0.1) is 5.82 Å². The summed E-state index contributed by atoms with van der Waals surface area (Å²) in [7, 11) is 0. The Balaban J connectivity index is 0.959. The number of benzene rings is 10. The summed E-state index contributed by atoms with van der Waals surface area (Å²) in [6.45, 7) is 0. The van der Waals surface area contributed by atoms with Crippen molar-refractivity contribution in [3.8, 4) is 16.8 Å². The van der Waals surface area contributed by atoms with E-state index in [1.807, 2.05) is 12.1 Å². The molecule has 0 spiro atoms. The minimum absolute atomic E-state index is 0.251. The van der Waals surface area contributed by atoms with Crippen LogP contribution in [0.2, 0.25) is 0 Å². The minimum atomic E-state index is -3.40. The smallest absolute Gasteiger partial charge is 0.0351 e. The van der Waals surface area contributed by atoms with Crippen LogP contribution in [0.4, 0.5) is 32.8 Å². The summed E-state index contributed by atoms with van der Waals surface area (Å²) in [4.78, 5) is 4.73. The van der Waals surface area contributed by atoms with Crippen LogP contribution < -0.4 is 27.4 Å². The second-order valence-electron chi connectivity index (χ2n) is 18.2. The van der Waals surface area contributed by atoms with E-state index in [9.17, 15) is 4.39 Å². The van der Waals surface area contributed by atoms with E-state index >= 15 is 0 Å². The molecule has 0 N–H and O–H groups in total. The SMILES string of the molecule is Fc1ccc(-n2c3ccccc3c3cc(N(c4ccc(-c5cc[c]([Ge]([c]6ccccc6)([c]6ccccc6)[c]6ccccc6)cc5)cc4)c4ccc(N(C5=CC=CCC5)c5ccccc5)cc4)ccc32)cc1. The number of nitrogens with zero attached hydrogens (tertiary/aromatic N) is 3. The van der Waals surface area contributed by atoms with Crippen LogP contribution in [-0.4, -0.2) is 17.8 Å². The van der Waals surface area contributed by atoms with Crippen LogP contribution in [0.1, 0.15) is 12.8 Å². The van der Waals surface area contributed by atoms with Gasteiger partial charge in [0.1, 0.15) is 5.82 Å². The number of allylic oxidation sites excluding steroid dienone is 4. The summed E-state index contributed by atoms with van der Waals surface area (Å²) in [5.74, 6) is -0.251. The molecule has 0 radical (unpaired) electrons. The number of para-hydroxylation sites is 2. The Morgan fingerprint density at radius 2 is 0.831 bits per heavy atom. The van der Waals surface area contributed by atoms with Crippen LogP contribution in [0.5, 0.6) is 0 Å². The summed E-state index contributed by atoms with van der Waals surface area (Å²) < 4.78 is 22.0. The molecule has 0 saturated carbocycles. The van der Waals surface area contributed by atoms with E-state index < -0.39 is 13.3 Å². The van der Waals surface area contributed by atoms with Gasteiger partial charge < -0.3 is 9.47 Å². The van der Waals surface area contributed by atoms with Gasteiger partial charge in [-0.3, -0.25) is 0 Å². The molecule has 340 valence electrons. The molecule has 10 aromatic carbocycles. The molecule has 1 aliphatic rings. The van der Waals surface area contributed by atoms with Crippen molar-refractivity contribution < 1.29 is 4.39 Å². The van der Waals surface area contributed by atoms with Crippen molar-refractivity contribution in [3.05, 3.63) is 291 Å². The third-order valence-corrected chi connectivity index (χ3v) is 24.1. The van der Waals surface area contributed by atoms with Crippen LogP contribution in [-0.2, 0) is 0 Å². The third-order valence-electron chi connectivity index (χ3n) is 14.1. The molecule has 0 fully saturated rings. The molecule has 3 nitrogen and oxygen atoms in total. The van der Waals surface area contributed by atoms with E-state index in [4.69, 9.17) is 0 Å².